The van der Waals surface area contributed by atoms with Crippen molar-refractivity contribution in [1.29, 1.82) is 0 Å². The number of ether oxygens (including phenoxy) is 1. The molecule has 9 nitrogen and oxygen atoms in total. The number of rotatable bonds is 8. The number of hydrogen-bond acceptors (Lipinski definition) is 6. The van der Waals surface area contributed by atoms with Crippen LogP contribution in [0.25, 0.3) is 0 Å². The summed E-state index contributed by atoms with van der Waals surface area (Å²) in [4.78, 5) is 12.9. The number of nitrogens with one attached hydrogen (secondary N) is 1. The summed E-state index contributed by atoms with van der Waals surface area (Å²) in [5.41, 5.74) is 1.44. The van der Waals surface area contributed by atoms with Gasteiger partial charge < -0.3 is 10.1 Å². The minimum absolute atomic E-state index is 0.162. The zero-order chi connectivity index (χ0) is 24.9. The third kappa shape index (κ3) is 6.28. The molecule has 1 fully saturated rings. The standard InChI is InChI=1S/C23H31N3O6S2/c1-18-8-13-22(32-2)21(16-18)26(33(3,28)29)17-23(27)24-19-9-11-20(12-10-19)34(30,31)25-14-6-4-5-7-15-25/h8-13,16H,4-7,14-15,17H2,1-3H3,(H,24,27). The van der Waals surface area contributed by atoms with Crippen molar-refractivity contribution >= 4 is 37.3 Å². The Morgan fingerprint density at radius 1 is 1.00 bits per heavy atom. The van der Waals surface area contributed by atoms with Gasteiger partial charge >= 0.3 is 0 Å². The van der Waals surface area contributed by atoms with E-state index in [0.29, 0.717) is 24.5 Å². The Hall–Kier alpha value is -2.63. The molecule has 1 saturated heterocycles. The molecule has 2 aromatic rings. The Morgan fingerprint density at radius 3 is 2.18 bits per heavy atom. The first-order valence-corrected chi connectivity index (χ1v) is 14.3. The molecule has 11 heteroatoms. The van der Waals surface area contributed by atoms with Crippen LogP contribution < -0.4 is 14.4 Å². The molecule has 3 rings (SSSR count). The number of hydrogen-bond donors (Lipinski definition) is 1. The molecule has 0 atom stereocenters. The van der Waals surface area contributed by atoms with Crippen LogP contribution in [0.2, 0.25) is 0 Å². The largest absolute Gasteiger partial charge is 0.495 e. The highest BCUT2D eigenvalue weighted by atomic mass is 32.2. The molecule has 0 bridgehead atoms. The number of carbonyl (C=O) groups is 1. The Kier molecular flexibility index (Phi) is 8.21. The Labute approximate surface area is 201 Å². The van der Waals surface area contributed by atoms with Crippen molar-refractivity contribution < 1.29 is 26.4 Å². The maximum atomic E-state index is 12.9. The number of methoxy groups -OCH3 is 1. The van der Waals surface area contributed by atoms with E-state index < -0.39 is 32.5 Å². The second-order valence-electron chi connectivity index (χ2n) is 8.34. The van der Waals surface area contributed by atoms with E-state index in [2.05, 4.69) is 5.32 Å². The van der Waals surface area contributed by atoms with Crippen LogP contribution in [0.5, 0.6) is 5.75 Å². The first-order valence-electron chi connectivity index (χ1n) is 11.0. The van der Waals surface area contributed by atoms with Crippen molar-refractivity contribution in [3.8, 4) is 5.75 Å². The lowest BCUT2D eigenvalue weighted by Gasteiger charge is -2.24. The van der Waals surface area contributed by atoms with Crippen LogP contribution in [-0.4, -0.2) is 60.0 Å². The predicted molar refractivity (Wildman–Crippen MR) is 132 cm³/mol. The monoisotopic (exact) mass is 509 g/mol. The lowest BCUT2D eigenvalue weighted by molar-refractivity contribution is -0.114. The van der Waals surface area contributed by atoms with Gasteiger partial charge in [-0.05, 0) is 61.7 Å². The smallest absolute Gasteiger partial charge is 0.245 e. The SMILES string of the molecule is COc1ccc(C)cc1N(CC(=O)Nc1ccc(S(=O)(=O)N2CCCCCC2)cc1)S(C)(=O)=O. The van der Waals surface area contributed by atoms with Gasteiger partial charge in [0.2, 0.25) is 26.0 Å². The molecule has 0 aliphatic carbocycles. The summed E-state index contributed by atoms with van der Waals surface area (Å²) in [5.74, 6) is -0.246. The Balaban J connectivity index is 1.75. The predicted octanol–water partition coefficient (Wildman–Crippen LogP) is 2.97. The van der Waals surface area contributed by atoms with Gasteiger partial charge in [0.1, 0.15) is 12.3 Å². The molecule has 1 aliphatic rings. The molecular weight excluding hydrogens is 478 g/mol. The first kappa shape index (κ1) is 26.0. The van der Waals surface area contributed by atoms with Crippen molar-refractivity contribution in [3.05, 3.63) is 48.0 Å². The highest BCUT2D eigenvalue weighted by Crippen LogP contribution is 2.31. The van der Waals surface area contributed by atoms with Crippen LogP contribution in [0.3, 0.4) is 0 Å². The van der Waals surface area contributed by atoms with Crippen molar-refractivity contribution in [2.45, 2.75) is 37.5 Å². The fourth-order valence-corrected chi connectivity index (χ4v) is 6.22. The van der Waals surface area contributed by atoms with Gasteiger partial charge in [-0.15, -0.1) is 0 Å². The molecule has 0 radical (unpaired) electrons. The average Bonchev–Trinajstić information content (AvgIpc) is 3.07. The number of sulfonamides is 2. The fraction of sp³-hybridized carbons (Fsp3) is 0.435. The lowest BCUT2D eigenvalue weighted by atomic mass is 10.2. The van der Waals surface area contributed by atoms with Crippen LogP contribution in [0.4, 0.5) is 11.4 Å². The van der Waals surface area contributed by atoms with Gasteiger partial charge in [-0.3, -0.25) is 9.10 Å². The topological polar surface area (TPSA) is 113 Å². The average molecular weight is 510 g/mol. The summed E-state index contributed by atoms with van der Waals surface area (Å²) in [6.45, 7) is 2.35. The molecule has 34 heavy (non-hydrogen) atoms. The molecule has 0 spiro atoms. The maximum Gasteiger partial charge on any atom is 0.245 e. The van der Waals surface area contributed by atoms with Gasteiger partial charge in [0, 0.05) is 18.8 Å². The maximum absolute atomic E-state index is 12.9. The van der Waals surface area contributed by atoms with Gasteiger partial charge in [0.25, 0.3) is 0 Å². The summed E-state index contributed by atoms with van der Waals surface area (Å²) >= 11 is 0. The van der Waals surface area contributed by atoms with Gasteiger partial charge in [-0.1, -0.05) is 18.9 Å². The molecule has 2 aromatic carbocycles. The molecule has 1 N–H and O–H groups in total. The first-order chi connectivity index (χ1) is 16.0. The van der Waals surface area contributed by atoms with E-state index in [4.69, 9.17) is 4.74 Å². The van der Waals surface area contributed by atoms with Crippen molar-refractivity contribution in [1.82, 2.24) is 4.31 Å². The van der Waals surface area contributed by atoms with Gasteiger partial charge in [-0.25, -0.2) is 16.8 Å². The number of nitrogens with zero attached hydrogens (tertiary/aromatic N) is 2. The van der Waals surface area contributed by atoms with Crippen LogP contribution in [0.1, 0.15) is 31.2 Å². The Bertz CT molecular complexity index is 1220. The zero-order valence-corrected chi connectivity index (χ0v) is 21.3. The quantitative estimate of drug-likeness (QED) is 0.585. The third-order valence-electron chi connectivity index (χ3n) is 5.63. The molecule has 0 saturated carbocycles. The van der Waals surface area contributed by atoms with E-state index in [1.54, 1.807) is 18.2 Å². The van der Waals surface area contributed by atoms with E-state index >= 15 is 0 Å². The minimum Gasteiger partial charge on any atom is -0.495 e. The molecule has 1 amide bonds. The van der Waals surface area contributed by atoms with E-state index in [1.165, 1.54) is 35.7 Å². The molecular formula is C23H31N3O6S2. The van der Waals surface area contributed by atoms with Crippen LogP contribution in [0.15, 0.2) is 47.4 Å². The highest BCUT2D eigenvalue weighted by Gasteiger charge is 2.26. The second kappa shape index (κ2) is 10.7. The zero-order valence-electron chi connectivity index (χ0n) is 19.7. The summed E-state index contributed by atoms with van der Waals surface area (Å²) in [6.07, 6.45) is 4.75. The van der Waals surface area contributed by atoms with Crippen molar-refractivity contribution in [2.75, 3.05) is 42.6 Å². The van der Waals surface area contributed by atoms with Gasteiger partial charge in [-0.2, -0.15) is 4.31 Å². The van der Waals surface area contributed by atoms with Crippen LogP contribution >= 0.6 is 0 Å². The minimum atomic E-state index is -3.79. The number of aryl methyl sites for hydroxylation is 1. The van der Waals surface area contributed by atoms with Crippen LogP contribution in [-0.2, 0) is 24.8 Å². The highest BCUT2D eigenvalue weighted by molar-refractivity contribution is 7.92. The summed E-state index contributed by atoms with van der Waals surface area (Å²) < 4.78 is 58.5. The Morgan fingerprint density at radius 2 is 1.62 bits per heavy atom. The normalized spacial score (nSPS) is 15.4. The fourth-order valence-electron chi connectivity index (χ4n) is 3.85. The summed E-state index contributed by atoms with van der Waals surface area (Å²) in [5, 5.41) is 2.64. The van der Waals surface area contributed by atoms with E-state index in [0.717, 1.165) is 41.8 Å². The number of amides is 1. The lowest BCUT2D eigenvalue weighted by Crippen LogP contribution is -2.37. The third-order valence-corrected chi connectivity index (χ3v) is 8.67. The summed E-state index contributed by atoms with van der Waals surface area (Å²) in [7, 11) is -5.96. The van der Waals surface area contributed by atoms with E-state index in [1.807, 2.05) is 6.92 Å². The molecule has 0 unspecified atom stereocenters. The van der Waals surface area contributed by atoms with E-state index in [9.17, 15) is 21.6 Å². The van der Waals surface area contributed by atoms with Crippen LogP contribution in [0, 0.1) is 6.92 Å². The molecule has 1 heterocycles. The van der Waals surface area contributed by atoms with Gasteiger partial charge in [0.15, 0.2) is 0 Å². The van der Waals surface area contributed by atoms with Crippen molar-refractivity contribution in [3.63, 3.8) is 0 Å². The van der Waals surface area contributed by atoms with Crippen molar-refractivity contribution in [2.24, 2.45) is 0 Å². The number of anilines is 2. The van der Waals surface area contributed by atoms with Gasteiger partial charge in [0.05, 0.1) is 23.9 Å². The summed E-state index contributed by atoms with van der Waals surface area (Å²) in [6, 6.07) is 11.0. The molecule has 1 aliphatic heterocycles. The number of benzene rings is 2. The second-order valence-corrected chi connectivity index (χ2v) is 12.2. The number of carbonyl (C=O) groups excluding carboxylic acids is 1. The molecule has 186 valence electrons. The molecule has 0 aromatic heterocycles. The van der Waals surface area contributed by atoms with E-state index in [-0.39, 0.29) is 10.6 Å².